The fourth-order valence-corrected chi connectivity index (χ4v) is 5.71. The van der Waals surface area contributed by atoms with Crippen LogP contribution in [0.4, 0.5) is 0 Å². The van der Waals surface area contributed by atoms with E-state index < -0.39 is 30.5 Å². The Labute approximate surface area is 277 Å². The molecule has 6 nitrogen and oxygen atoms in total. The van der Waals surface area contributed by atoms with Crippen molar-refractivity contribution >= 4 is 0 Å². The van der Waals surface area contributed by atoms with E-state index in [1.165, 1.54) is 0 Å². The first-order valence-electron chi connectivity index (χ1n) is 16.2. The summed E-state index contributed by atoms with van der Waals surface area (Å²) >= 11 is 0. The van der Waals surface area contributed by atoms with Crippen molar-refractivity contribution in [2.24, 2.45) is 0 Å². The Balaban J connectivity index is 1.29. The maximum absolute atomic E-state index is 6.85. The molecule has 5 unspecified atom stereocenters. The normalized spacial score (nSPS) is 20.9. The second kappa shape index (κ2) is 17.6. The molecule has 6 rings (SSSR count). The summed E-state index contributed by atoms with van der Waals surface area (Å²) in [5, 5.41) is 0. The monoisotopic (exact) mass is 630 g/mol. The highest BCUT2D eigenvalue weighted by atomic mass is 16.6. The van der Waals surface area contributed by atoms with Crippen molar-refractivity contribution in [2.45, 2.75) is 56.9 Å². The summed E-state index contributed by atoms with van der Waals surface area (Å²) in [5.74, 6) is 0.763. The Kier molecular flexibility index (Phi) is 12.2. The predicted molar refractivity (Wildman–Crippen MR) is 182 cm³/mol. The summed E-state index contributed by atoms with van der Waals surface area (Å²) in [5.41, 5.74) is 4.29. The summed E-state index contributed by atoms with van der Waals surface area (Å²) in [7, 11) is 0. The molecule has 1 aliphatic heterocycles. The van der Waals surface area contributed by atoms with Crippen molar-refractivity contribution < 1.29 is 28.4 Å². The van der Waals surface area contributed by atoms with Crippen molar-refractivity contribution in [3.8, 4) is 5.75 Å². The van der Waals surface area contributed by atoms with Gasteiger partial charge in [0.05, 0.1) is 33.0 Å². The number of benzene rings is 5. The zero-order chi connectivity index (χ0) is 31.9. The van der Waals surface area contributed by atoms with Gasteiger partial charge in [0.1, 0.15) is 42.9 Å². The van der Waals surface area contributed by atoms with Crippen molar-refractivity contribution in [1.29, 1.82) is 0 Å². The van der Waals surface area contributed by atoms with E-state index in [-0.39, 0.29) is 6.61 Å². The van der Waals surface area contributed by atoms with Crippen LogP contribution >= 0.6 is 0 Å². The standard InChI is InChI=1S/C41H42O6/c1-6-16-32(17-7-1)26-42-30-37-39(44-27-33-18-8-2-9-19-33)41(46-29-35-22-12-4-13-23-35)40(45-28-34-20-10-3-11-21-34)38(47-37)31-43-36-24-14-5-15-25-36/h1-25,37-41H,26-31H2. The molecule has 1 saturated heterocycles. The lowest BCUT2D eigenvalue weighted by Gasteiger charge is -2.46. The second-order valence-corrected chi connectivity index (χ2v) is 11.6. The summed E-state index contributed by atoms with van der Waals surface area (Å²) in [6.07, 6.45) is -2.35. The van der Waals surface area contributed by atoms with Gasteiger partial charge < -0.3 is 28.4 Å². The number of hydrogen-bond acceptors (Lipinski definition) is 6. The largest absolute Gasteiger partial charge is 0.491 e. The van der Waals surface area contributed by atoms with E-state index >= 15 is 0 Å². The molecule has 5 atom stereocenters. The topological polar surface area (TPSA) is 55.4 Å². The molecular weight excluding hydrogens is 588 g/mol. The third kappa shape index (κ3) is 9.85. The van der Waals surface area contributed by atoms with Gasteiger partial charge in [0.15, 0.2) is 0 Å². The molecule has 1 fully saturated rings. The van der Waals surface area contributed by atoms with Crippen LogP contribution in [0, 0.1) is 0 Å². The molecule has 1 heterocycles. The van der Waals surface area contributed by atoms with Gasteiger partial charge in [-0.1, -0.05) is 140 Å². The number of rotatable bonds is 16. The van der Waals surface area contributed by atoms with E-state index in [0.717, 1.165) is 28.0 Å². The average molecular weight is 631 g/mol. The van der Waals surface area contributed by atoms with E-state index in [9.17, 15) is 0 Å². The molecule has 6 heteroatoms. The third-order valence-corrected chi connectivity index (χ3v) is 8.14. The molecule has 0 spiro atoms. The van der Waals surface area contributed by atoms with Gasteiger partial charge in [-0.3, -0.25) is 0 Å². The maximum atomic E-state index is 6.85. The van der Waals surface area contributed by atoms with Gasteiger partial charge in [-0.05, 0) is 34.4 Å². The van der Waals surface area contributed by atoms with Gasteiger partial charge in [0.2, 0.25) is 0 Å². The Morgan fingerprint density at radius 1 is 0.383 bits per heavy atom. The summed E-state index contributed by atoms with van der Waals surface area (Å²) in [6.45, 7) is 2.23. The van der Waals surface area contributed by atoms with Crippen molar-refractivity contribution in [3.05, 3.63) is 174 Å². The molecule has 0 bridgehead atoms. The molecule has 5 aromatic carbocycles. The lowest BCUT2D eigenvalue weighted by molar-refractivity contribution is -0.276. The molecule has 0 N–H and O–H groups in total. The molecule has 1 aliphatic rings. The van der Waals surface area contributed by atoms with Crippen LogP contribution in [0.1, 0.15) is 22.3 Å². The maximum Gasteiger partial charge on any atom is 0.121 e. The van der Waals surface area contributed by atoms with Crippen LogP contribution in [0.5, 0.6) is 5.75 Å². The van der Waals surface area contributed by atoms with Gasteiger partial charge in [-0.15, -0.1) is 0 Å². The quantitative estimate of drug-likeness (QED) is 0.111. The van der Waals surface area contributed by atoms with Crippen LogP contribution < -0.4 is 4.74 Å². The Bertz CT molecular complexity index is 1550. The first kappa shape index (κ1) is 32.6. The van der Waals surface area contributed by atoms with Crippen LogP contribution in [-0.4, -0.2) is 43.7 Å². The highest BCUT2D eigenvalue weighted by molar-refractivity contribution is 5.21. The number of ether oxygens (including phenoxy) is 6. The van der Waals surface area contributed by atoms with Gasteiger partial charge in [0, 0.05) is 0 Å². The molecule has 0 aromatic heterocycles. The lowest BCUT2D eigenvalue weighted by Crippen LogP contribution is -2.62. The Hall–Kier alpha value is -4.30. The first-order valence-corrected chi connectivity index (χ1v) is 16.2. The van der Waals surface area contributed by atoms with Crippen LogP contribution in [-0.2, 0) is 50.1 Å². The minimum absolute atomic E-state index is 0.273. The predicted octanol–water partition coefficient (Wildman–Crippen LogP) is 7.81. The highest BCUT2D eigenvalue weighted by Gasteiger charge is 2.48. The molecule has 0 aliphatic carbocycles. The van der Waals surface area contributed by atoms with Crippen molar-refractivity contribution in [2.75, 3.05) is 13.2 Å². The van der Waals surface area contributed by atoms with E-state index in [1.807, 2.05) is 103 Å². The SMILES string of the molecule is c1ccc(COCC2OC(COc3ccccc3)C(OCc3ccccc3)C(OCc3ccccc3)C2OCc2ccccc2)cc1. The minimum Gasteiger partial charge on any atom is -0.491 e. The summed E-state index contributed by atoms with van der Waals surface area (Å²) < 4.78 is 39.7. The third-order valence-electron chi connectivity index (χ3n) is 8.14. The highest BCUT2D eigenvalue weighted by Crippen LogP contribution is 2.31. The zero-order valence-corrected chi connectivity index (χ0v) is 26.5. The van der Waals surface area contributed by atoms with Gasteiger partial charge in [-0.2, -0.15) is 0 Å². The van der Waals surface area contributed by atoms with Crippen LogP contribution in [0.3, 0.4) is 0 Å². The van der Waals surface area contributed by atoms with Crippen molar-refractivity contribution in [1.82, 2.24) is 0 Å². The number of hydrogen-bond donors (Lipinski definition) is 0. The summed E-state index contributed by atoms with van der Waals surface area (Å²) in [4.78, 5) is 0. The first-order chi connectivity index (χ1) is 23.3. The van der Waals surface area contributed by atoms with E-state index in [0.29, 0.717) is 33.0 Å². The van der Waals surface area contributed by atoms with E-state index in [1.54, 1.807) is 0 Å². The fourth-order valence-electron chi connectivity index (χ4n) is 5.71. The number of para-hydroxylation sites is 1. The lowest BCUT2D eigenvalue weighted by atomic mass is 9.94. The van der Waals surface area contributed by atoms with Crippen LogP contribution in [0.15, 0.2) is 152 Å². The Morgan fingerprint density at radius 2 is 0.745 bits per heavy atom. The smallest absolute Gasteiger partial charge is 0.121 e. The van der Waals surface area contributed by atoms with Gasteiger partial charge in [-0.25, -0.2) is 0 Å². The zero-order valence-electron chi connectivity index (χ0n) is 26.5. The van der Waals surface area contributed by atoms with E-state index in [4.69, 9.17) is 28.4 Å². The average Bonchev–Trinajstić information content (AvgIpc) is 3.14. The molecule has 0 amide bonds. The van der Waals surface area contributed by atoms with E-state index in [2.05, 4.69) is 48.5 Å². The molecule has 0 saturated carbocycles. The molecule has 47 heavy (non-hydrogen) atoms. The fraction of sp³-hybridized carbons (Fsp3) is 0.268. The van der Waals surface area contributed by atoms with Crippen LogP contribution in [0.2, 0.25) is 0 Å². The molecule has 5 aromatic rings. The van der Waals surface area contributed by atoms with Crippen LogP contribution in [0.25, 0.3) is 0 Å². The Morgan fingerprint density at radius 3 is 1.19 bits per heavy atom. The minimum atomic E-state index is -0.492. The van der Waals surface area contributed by atoms with Gasteiger partial charge in [0.25, 0.3) is 0 Å². The molecular formula is C41H42O6. The van der Waals surface area contributed by atoms with Crippen molar-refractivity contribution in [3.63, 3.8) is 0 Å². The summed E-state index contributed by atoms with van der Waals surface area (Å²) in [6, 6.07) is 50.4. The van der Waals surface area contributed by atoms with Gasteiger partial charge >= 0.3 is 0 Å². The second-order valence-electron chi connectivity index (χ2n) is 11.6. The molecule has 242 valence electrons. The molecule has 0 radical (unpaired) electrons.